The fraction of sp³-hybridized carbons (Fsp3) is 0.333. The van der Waals surface area contributed by atoms with Gasteiger partial charge in [0.2, 0.25) is 0 Å². The molecule has 0 spiro atoms. The van der Waals surface area contributed by atoms with Crippen molar-refractivity contribution in [2.45, 2.75) is 26.2 Å². The summed E-state index contributed by atoms with van der Waals surface area (Å²) in [5.74, 6) is 0.787. The van der Waals surface area contributed by atoms with Crippen LogP contribution in [0.1, 0.15) is 33.9 Å². The Bertz CT molecular complexity index is 591. The van der Waals surface area contributed by atoms with E-state index in [1.54, 1.807) is 17.5 Å². The molecule has 0 bridgehead atoms. The average Bonchev–Trinajstić information content (AvgIpc) is 2.76. The number of aryl methyl sites for hydroxylation is 2. The maximum atomic E-state index is 11.6. The summed E-state index contributed by atoms with van der Waals surface area (Å²) in [4.78, 5) is 24.7. The van der Waals surface area contributed by atoms with Gasteiger partial charge in [0.05, 0.1) is 16.3 Å². The van der Waals surface area contributed by atoms with Crippen LogP contribution in [0, 0.1) is 6.92 Å². The smallest absolute Gasteiger partial charge is 0.179 e. The van der Waals surface area contributed by atoms with E-state index in [9.17, 15) is 4.79 Å². The average molecular weight is 245 g/mol. The quantitative estimate of drug-likeness (QED) is 0.774. The zero-order valence-corrected chi connectivity index (χ0v) is 10.3. The monoisotopic (exact) mass is 245 g/mol. The Labute approximate surface area is 103 Å². The first-order chi connectivity index (χ1) is 8.24. The van der Waals surface area contributed by atoms with Crippen molar-refractivity contribution in [3.63, 3.8) is 0 Å². The third-order valence-corrected chi connectivity index (χ3v) is 3.61. The highest BCUT2D eigenvalue weighted by Crippen LogP contribution is 2.23. The molecule has 3 rings (SSSR count). The molecule has 0 fully saturated rings. The van der Waals surface area contributed by atoms with Gasteiger partial charge in [-0.05, 0) is 19.8 Å². The summed E-state index contributed by atoms with van der Waals surface area (Å²) in [5.41, 5.74) is 2.36. The van der Waals surface area contributed by atoms with Crippen molar-refractivity contribution in [3.8, 4) is 11.5 Å². The predicted molar refractivity (Wildman–Crippen MR) is 65.1 cm³/mol. The highest BCUT2D eigenvalue weighted by molar-refractivity contribution is 7.09. The van der Waals surface area contributed by atoms with Gasteiger partial charge in [0, 0.05) is 18.0 Å². The number of nitrogens with zero attached hydrogens (tertiary/aromatic N) is 3. The van der Waals surface area contributed by atoms with Crippen LogP contribution in [-0.2, 0) is 6.42 Å². The second-order valence-electron chi connectivity index (χ2n) is 4.08. The van der Waals surface area contributed by atoms with Crippen molar-refractivity contribution in [1.29, 1.82) is 0 Å². The molecular formula is C12H11N3OS. The molecule has 0 atom stereocenters. The number of aromatic nitrogens is 3. The highest BCUT2D eigenvalue weighted by Gasteiger charge is 2.20. The van der Waals surface area contributed by atoms with Crippen molar-refractivity contribution < 1.29 is 4.79 Å². The van der Waals surface area contributed by atoms with E-state index in [2.05, 4.69) is 15.0 Å². The van der Waals surface area contributed by atoms with Gasteiger partial charge in [0.15, 0.2) is 11.6 Å². The van der Waals surface area contributed by atoms with Gasteiger partial charge in [-0.2, -0.15) is 0 Å². The highest BCUT2D eigenvalue weighted by atomic mass is 32.1. The lowest BCUT2D eigenvalue weighted by molar-refractivity contribution is 0.0971. The van der Waals surface area contributed by atoms with Crippen LogP contribution >= 0.6 is 11.3 Å². The Morgan fingerprint density at radius 2 is 2.18 bits per heavy atom. The lowest BCUT2D eigenvalue weighted by Gasteiger charge is -2.13. The van der Waals surface area contributed by atoms with Crippen LogP contribution in [0.5, 0.6) is 0 Å². The second-order valence-corrected chi connectivity index (χ2v) is 5.14. The fourth-order valence-corrected chi connectivity index (χ4v) is 2.57. The van der Waals surface area contributed by atoms with Crippen LogP contribution < -0.4 is 0 Å². The maximum absolute atomic E-state index is 11.6. The normalized spacial score (nSPS) is 14.8. The van der Waals surface area contributed by atoms with E-state index < -0.39 is 0 Å². The topological polar surface area (TPSA) is 55.7 Å². The number of carbonyl (C=O) groups is 1. The lowest BCUT2D eigenvalue weighted by Crippen LogP contribution is -2.13. The molecule has 0 saturated heterocycles. The van der Waals surface area contributed by atoms with Gasteiger partial charge in [0.1, 0.15) is 5.69 Å². The standard InChI is InChI=1S/C12H11N3OS/c1-7-14-10(6-17-7)12-13-5-8-9(15-12)3-2-4-11(8)16/h5-6H,2-4H2,1H3. The summed E-state index contributed by atoms with van der Waals surface area (Å²) in [5, 5.41) is 2.94. The largest absolute Gasteiger partial charge is 0.294 e. The predicted octanol–water partition coefficient (Wildman–Crippen LogP) is 2.43. The van der Waals surface area contributed by atoms with Crippen LogP contribution in [-0.4, -0.2) is 20.7 Å². The van der Waals surface area contributed by atoms with E-state index in [4.69, 9.17) is 0 Å². The van der Waals surface area contributed by atoms with Crippen LogP contribution in [0.15, 0.2) is 11.6 Å². The van der Waals surface area contributed by atoms with E-state index >= 15 is 0 Å². The minimum absolute atomic E-state index is 0.159. The van der Waals surface area contributed by atoms with Gasteiger partial charge in [-0.25, -0.2) is 15.0 Å². The van der Waals surface area contributed by atoms with Crippen LogP contribution in [0.3, 0.4) is 0 Å². The Morgan fingerprint density at radius 1 is 1.29 bits per heavy atom. The van der Waals surface area contributed by atoms with Crippen LogP contribution in [0.25, 0.3) is 11.5 Å². The first-order valence-electron chi connectivity index (χ1n) is 5.55. The molecule has 2 heterocycles. The Balaban J connectivity index is 2.06. The number of fused-ring (bicyclic) bond motifs is 1. The number of hydrogen-bond donors (Lipinski definition) is 0. The van der Waals surface area contributed by atoms with E-state index in [-0.39, 0.29) is 5.78 Å². The number of Topliss-reactive ketones (excluding diaryl/α,β-unsaturated/α-hetero) is 1. The summed E-state index contributed by atoms with van der Waals surface area (Å²) in [6.07, 6.45) is 4.01. The number of rotatable bonds is 1. The molecule has 0 saturated carbocycles. The van der Waals surface area contributed by atoms with Crippen LogP contribution in [0.2, 0.25) is 0 Å². The number of ketones is 1. The van der Waals surface area contributed by atoms with Crippen molar-refractivity contribution in [1.82, 2.24) is 15.0 Å². The van der Waals surface area contributed by atoms with Gasteiger partial charge in [-0.15, -0.1) is 11.3 Å². The van der Waals surface area contributed by atoms with Crippen LogP contribution in [0.4, 0.5) is 0 Å². The first-order valence-corrected chi connectivity index (χ1v) is 6.43. The third-order valence-electron chi connectivity index (χ3n) is 2.83. The molecule has 1 aliphatic carbocycles. The molecule has 17 heavy (non-hydrogen) atoms. The zero-order valence-electron chi connectivity index (χ0n) is 9.43. The van der Waals surface area contributed by atoms with Crippen molar-refractivity contribution in [3.05, 3.63) is 27.8 Å². The molecule has 4 nitrogen and oxygen atoms in total. The molecule has 1 aliphatic rings. The van der Waals surface area contributed by atoms with Gasteiger partial charge < -0.3 is 0 Å². The molecule has 0 amide bonds. The second kappa shape index (κ2) is 4.00. The van der Waals surface area contributed by atoms with E-state index in [0.29, 0.717) is 17.8 Å². The van der Waals surface area contributed by atoms with E-state index in [1.165, 1.54) is 0 Å². The third kappa shape index (κ3) is 1.86. The number of hydrogen-bond acceptors (Lipinski definition) is 5. The Morgan fingerprint density at radius 3 is 2.94 bits per heavy atom. The van der Waals surface area contributed by atoms with Gasteiger partial charge in [0.25, 0.3) is 0 Å². The molecular weight excluding hydrogens is 234 g/mol. The molecule has 0 N–H and O–H groups in total. The zero-order chi connectivity index (χ0) is 11.8. The summed E-state index contributed by atoms with van der Waals surface area (Å²) in [7, 11) is 0. The van der Waals surface area contributed by atoms with Gasteiger partial charge in [-0.3, -0.25) is 4.79 Å². The fourth-order valence-electron chi connectivity index (χ4n) is 1.98. The molecule has 2 aromatic heterocycles. The molecule has 5 heteroatoms. The molecule has 0 radical (unpaired) electrons. The lowest BCUT2D eigenvalue weighted by atomic mass is 9.96. The summed E-state index contributed by atoms with van der Waals surface area (Å²) >= 11 is 1.58. The van der Waals surface area contributed by atoms with Crippen molar-refractivity contribution >= 4 is 17.1 Å². The first kappa shape index (κ1) is 10.5. The van der Waals surface area contributed by atoms with Crippen molar-refractivity contribution in [2.24, 2.45) is 0 Å². The Hall–Kier alpha value is -1.62. The van der Waals surface area contributed by atoms with Crippen molar-refractivity contribution in [2.75, 3.05) is 0 Å². The van der Waals surface area contributed by atoms with Gasteiger partial charge >= 0.3 is 0 Å². The number of carbonyl (C=O) groups excluding carboxylic acids is 1. The van der Waals surface area contributed by atoms with Gasteiger partial charge in [-0.1, -0.05) is 0 Å². The summed E-state index contributed by atoms with van der Waals surface area (Å²) in [6.45, 7) is 1.95. The summed E-state index contributed by atoms with van der Waals surface area (Å²) < 4.78 is 0. The SMILES string of the molecule is Cc1nc(-c2ncc3c(n2)CCCC3=O)cs1. The maximum Gasteiger partial charge on any atom is 0.179 e. The minimum Gasteiger partial charge on any atom is -0.294 e. The molecule has 2 aromatic rings. The molecule has 0 aromatic carbocycles. The number of thiazole rings is 1. The molecule has 86 valence electrons. The Kier molecular flexibility index (Phi) is 2.48. The summed E-state index contributed by atoms with van der Waals surface area (Å²) in [6, 6.07) is 0. The molecule has 0 aliphatic heterocycles. The minimum atomic E-state index is 0.159. The van der Waals surface area contributed by atoms with E-state index in [1.807, 2.05) is 12.3 Å². The molecule has 0 unspecified atom stereocenters. The van der Waals surface area contributed by atoms with E-state index in [0.717, 1.165) is 29.2 Å².